The molecule has 2 aliphatic heterocycles. The SMILES string of the molecule is CC1c2ccc(C(=O)NO)cc2OCCN1C(O)C1(C)CCCOC1. The summed E-state index contributed by atoms with van der Waals surface area (Å²) in [6.45, 7) is 6.37. The van der Waals surface area contributed by atoms with Crippen LogP contribution in [0.1, 0.15) is 48.7 Å². The van der Waals surface area contributed by atoms with Gasteiger partial charge in [0.05, 0.1) is 6.61 Å². The Kier molecular flexibility index (Phi) is 5.29. The molecule has 2 heterocycles. The smallest absolute Gasteiger partial charge is 0.274 e. The maximum atomic E-state index is 11.6. The first-order valence-corrected chi connectivity index (χ1v) is 8.69. The molecule has 0 radical (unpaired) electrons. The molecule has 7 nitrogen and oxygen atoms in total. The highest BCUT2D eigenvalue weighted by atomic mass is 16.5. The number of fused-ring (bicyclic) bond motifs is 1. The Balaban J connectivity index is 1.86. The second-order valence-electron chi connectivity index (χ2n) is 7.14. The fourth-order valence-corrected chi connectivity index (χ4v) is 3.74. The van der Waals surface area contributed by atoms with E-state index in [4.69, 9.17) is 14.7 Å². The zero-order valence-corrected chi connectivity index (χ0v) is 14.7. The van der Waals surface area contributed by atoms with Crippen molar-refractivity contribution in [3.8, 4) is 5.75 Å². The summed E-state index contributed by atoms with van der Waals surface area (Å²) in [5.74, 6) is 0.0282. The Morgan fingerprint density at radius 1 is 1.44 bits per heavy atom. The maximum Gasteiger partial charge on any atom is 0.274 e. The van der Waals surface area contributed by atoms with Gasteiger partial charge in [-0.1, -0.05) is 13.0 Å². The van der Waals surface area contributed by atoms with Crippen LogP contribution in [0.3, 0.4) is 0 Å². The monoisotopic (exact) mass is 350 g/mol. The van der Waals surface area contributed by atoms with Crippen LogP contribution in [-0.4, -0.2) is 53.7 Å². The van der Waals surface area contributed by atoms with Crippen LogP contribution in [0.2, 0.25) is 0 Å². The lowest BCUT2D eigenvalue weighted by molar-refractivity contribution is -0.149. The van der Waals surface area contributed by atoms with Crippen LogP contribution < -0.4 is 10.2 Å². The number of hydroxylamine groups is 1. The van der Waals surface area contributed by atoms with Gasteiger partial charge in [-0.25, -0.2) is 5.48 Å². The zero-order valence-electron chi connectivity index (χ0n) is 14.7. The standard InChI is InChI=1S/C18H26N2O5/c1-12-14-5-4-13(16(21)19-23)10-15(14)25-9-7-20(12)17(22)18(2)6-3-8-24-11-18/h4-5,10,12,17,22-23H,3,6-9,11H2,1-2H3,(H,19,21). The van der Waals surface area contributed by atoms with Gasteiger partial charge in [-0.2, -0.15) is 0 Å². The molecule has 7 heteroatoms. The Morgan fingerprint density at radius 2 is 2.24 bits per heavy atom. The van der Waals surface area contributed by atoms with Crippen LogP contribution >= 0.6 is 0 Å². The highest BCUT2D eigenvalue weighted by Crippen LogP contribution is 2.39. The van der Waals surface area contributed by atoms with Crippen molar-refractivity contribution in [3.63, 3.8) is 0 Å². The quantitative estimate of drug-likeness (QED) is 0.568. The third-order valence-corrected chi connectivity index (χ3v) is 5.34. The minimum atomic E-state index is -0.641. The molecule has 3 N–H and O–H groups in total. The number of carbonyl (C=O) groups excluding carboxylic acids is 1. The van der Waals surface area contributed by atoms with Gasteiger partial charge in [0, 0.05) is 35.7 Å². The Labute approximate surface area is 147 Å². The molecule has 3 atom stereocenters. The molecular weight excluding hydrogens is 324 g/mol. The molecule has 25 heavy (non-hydrogen) atoms. The summed E-state index contributed by atoms with van der Waals surface area (Å²) in [4.78, 5) is 13.6. The predicted molar refractivity (Wildman–Crippen MR) is 90.5 cm³/mol. The highest BCUT2D eigenvalue weighted by molar-refractivity contribution is 5.93. The van der Waals surface area contributed by atoms with Crippen LogP contribution in [0.15, 0.2) is 18.2 Å². The van der Waals surface area contributed by atoms with Crippen molar-refractivity contribution in [2.75, 3.05) is 26.4 Å². The van der Waals surface area contributed by atoms with Crippen LogP contribution in [0, 0.1) is 5.41 Å². The van der Waals surface area contributed by atoms with Gasteiger partial charge in [0.25, 0.3) is 5.91 Å². The second kappa shape index (κ2) is 7.29. The van der Waals surface area contributed by atoms with Gasteiger partial charge in [0.1, 0.15) is 18.6 Å². The van der Waals surface area contributed by atoms with E-state index in [1.54, 1.807) is 17.6 Å². The van der Waals surface area contributed by atoms with Crippen molar-refractivity contribution in [2.24, 2.45) is 5.41 Å². The van der Waals surface area contributed by atoms with E-state index in [1.807, 2.05) is 17.9 Å². The molecule has 0 aliphatic carbocycles. The molecule has 1 aromatic carbocycles. The summed E-state index contributed by atoms with van der Waals surface area (Å²) in [6, 6.07) is 5.01. The third-order valence-electron chi connectivity index (χ3n) is 5.34. The molecule has 3 rings (SSSR count). The second-order valence-corrected chi connectivity index (χ2v) is 7.14. The summed E-state index contributed by atoms with van der Waals surface area (Å²) in [5, 5.41) is 19.8. The van der Waals surface area contributed by atoms with Crippen molar-refractivity contribution < 1.29 is 24.6 Å². The summed E-state index contributed by atoms with van der Waals surface area (Å²) in [7, 11) is 0. The number of hydrogen-bond acceptors (Lipinski definition) is 6. The summed E-state index contributed by atoms with van der Waals surface area (Å²) in [5.41, 5.74) is 2.56. The predicted octanol–water partition coefficient (Wildman–Crippen LogP) is 1.70. The molecule has 1 saturated heterocycles. The van der Waals surface area contributed by atoms with E-state index in [0.29, 0.717) is 31.1 Å². The number of nitrogens with one attached hydrogen (secondary N) is 1. The molecule has 0 saturated carbocycles. The number of hydrogen-bond donors (Lipinski definition) is 3. The largest absolute Gasteiger partial charge is 0.492 e. The number of aliphatic hydroxyl groups excluding tert-OH is 1. The number of amides is 1. The molecule has 2 aliphatic rings. The van der Waals surface area contributed by atoms with Gasteiger partial charge >= 0.3 is 0 Å². The maximum absolute atomic E-state index is 11.6. The first-order valence-electron chi connectivity index (χ1n) is 8.69. The number of benzene rings is 1. The summed E-state index contributed by atoms with van der Waals surface area (Å²) < 4.78 is 11.4. The minimum absolute atomic E-state index is 0.0718. The van der Waals surface area contributed by atoms with Crippen molar-refractivity contribution >= 4 is 5.91 Å². The normalized spacial score (nSPS) is 28.4. The fraction of sp³-hybridized carbons (Fsp3) is 0.611. The zero-order chi connectivity index (χ0) is 18.0. The van der Waals surface area contributed by atoms with E-state index in [0.717, 1.165) is 25.0 Å². The molecule has 1 amide bonds. The minimum Gasteiger partial charge on any atom is -0.492 e. The van der Waals surface area contributed by atoms with Gasteiger partial charge in [-0.3, -0.25) is 14.9 Å². The van der Waals surface area contributed by atoms with Crippen LogP contribution in [0.25, 0.3) is 0 Å². The third kappa shape index (κ3) is 3.50. The Morgan fingerprint density at radius 3 is 2.92 bits per heavy atom. The molecule has 1 aromatic rings. The van der Waals surface area contributed by atoms with Gasteiger partial charge < -0.3 is 14.6 Å². The van der Waals surface area contributed by atoms with Gasteiger partial charge in [-0.05, 0) is 31.9 Å². The number of carbonyl (C=O) groups is 1. The molecule has 0 spiro atoms. The molecular formula is C18H26N2O5. The molecule has 0 bridgehead atoms. The first-order chi connectivity index (χ1) is 12.0. The number of rotatable bonds is 3. The molecule has 138 valence electrons. The molecule has 0 aromatic heterocycles. The van der Waals surface area contributed by atoms with Gasteiger partial charge in [0.15, 0.2) is 0 Å². The lowest BCUT2D eigenvalue weighted by Crippen LogP contribution is -2.51. The average molecular weight is 350 g/mol. The molecule has 3 unspecified atom stereocenters. The van der Waals surface area contributed by atoms with E-state index >= 15 is 0 Å². The fourth-order valence-electron chi connectivity index (χ4n) is 3.74. The van der Waals surface area contributed by atoms with Crippen LogP contribution in [0.5, 0.6) is 5.75 Å². The molecule has 1 fully saturated rings. The van der Waals surface area contributed by atoms with Crippen LogP contribution in [0.4, 0.5) is 0 Å². The van der Waals surface area contributed by atoms with E-state index in [9.17, 15) is 9.90 Å². The Hall–Kier alpha value is -1.67. The Bertz CT molecular complexity index is 630. The van der Waals surface area contributed by atoms with Crippen molar-refractivity contribution in [3.05, 3.63) is 29.3 Å². The van der Waals surface area contributed by atoms with Gasteiger partial charge in [0.2, 0.25) is 0 Å². The van der Waals surface area contributed by atoms with E-state index < -0.39 is 12.1 Å². The lowest BCUT2D eigenvalue weighted by atomic mass is 9.81. The van der Waals surface area contributed by atoms with E-state index in [-0.39, 0.29) is 11.5 Å². The van der Waals surface area contributed by atoms with E-state index in [2.05, 4.69) is 6.92 Å². The topological polar surface area (TPSA) is 91.3 Å². The summed E-state index contributed by atoms with van der Waals surface area (Å²) in [6.07, 6.45) is 1.22. The number of nitrogens with zero attached hydrogens (tertiary/aromatic N) is 1. The number of aliphatic hydroxyl groups is 1. The van der Waals surface area contributed by atoms with Crippen molar-refractivity contribution in [1.82, 2.24) is 10.4 Å². The van der Waals surface area contributed by atoms with Crippen molar-refractivity contribution in [2.45, 2.75) is 39.0 Å². The van der Waals surface area contributed by atoms with Gasteiger partial charge in [-0.15, -0.1) is 0 Å². The lowest BCUT2D eigenvalue weighted by Gasteiger charge is -2.44. The van der Waals surface area contributed by atoms with Crippen molar-refractivity contribution in [1.29, 1.82) is 0 Å². The average Bonchev–Trinajstić information content (AvgIpc) is 2.79. The van der Waals surface area contributed by atoms with Crippen LogP contribution in [-0.2, 0) is 4.74 Å². The van der Waals surface area contributed by atoms with E-state index in [1.165, 1.54) is 0 Å². The highest BCUT2D eigenvalue weighted by Gasteiger charge is 2.41. The number of ether oxygens (including phenoxy) is 2. The first kappa shape index (κ1) is 18.1. The summed E-state index contributed by atoms with van der Waals surface area (Å²) >= 11 is 0.